The van der Waals surface area contributed by atoms with Crippen LogP contribution in [0.3, 0.4) is 0 Å². The molecule has 0 aliphatic heterocycles. The first kappa shape index (κ1) is 76.6. The molecule has 27 heteroatoms. The normalized spacial score (nSPS) is 13.5. The number of hydrogen-bond donors (Lipinski definition) is 6. The van der Waals surface area contributed by atoms with Gasteiger partial charge in [0.1, 0.15) is 18.4 Å². The first-order chi connectivity index (χ1) is 24.9. The Bertz CT molecular complexity index is 1130. The van der Waals surface area contributed by atoms with Crippen LogP contribution in [0.2, 0.25) is 0 Å². The van der Waals surface area contributed by atoms with Gasteiger partial charge in [-0.15, -0.1) is 0 Å². The maximum Gasteiger partial charge on any atom is 0.320 e. The smallest absolute Gasteiger partial charge is 0.320 e. The van der Waals surface area contributed by atoms with Crippen molar-refractivity contribution in [2.24, 2.45) is 17.8 Å². The molecule has 0 aromatic carbocycles. The zero-order valence-corrected chi connectivity index (χ0v) is 51.6. The molecule has 16 nitrogen and oxygen atoms in total. The van der Waals surface area contributed by atoms with Crippen molar-refractivity contribution < 1.29 is 129 Å². The molecule has 57 heavy (non-hydrogen) atoms. The molecule has 8 unspecified atom stereocenters. The molecule has 0 spiro atoms. The van der Waals surface area contributed by atoms with Gasteiger partial charge >= 0.3 is 17.9 Å². The summed E-state index contributed by atoms with van der Waals surface area (Å²) in [5.74, 6) is -2.87. The van der Waals surface area contributed by atoms with Crippen LogP contribution in [0.15, 0.2) is 0 Å². The number of rotatable bonds is 23. The monoisotopic (exact) mass is 1400 g/mol. The number of carbonyl (C=O) groups is 8. The summed E-state index contributed by atoms with van der Waals surface area (Å²) in [7, 11) is 14.5. The fourth-order valence-electron chi connectivity index (χ4n) is 2.84. The minimum absolute atomic E-state index is 0. The van der Waals surface area contributed by atoms with Crippen LogP contribution in [-0.2, 0) is 87.5 Å². The SMILES string of the molecule is CC(=O)CC(=O)[C@H](C)NPP.COC(=O)[C@H](C)CC(=O)[C@H](C)NPP.COCC(=O)C(C)C.C[C@H](CC(=O)[C@H](C)NPP)C(=O)O.C[C@H](NPP)C(=O)O.[U].[V].[W]. The zero-order valence-electron chi connectivity index (χ0n) is 34.5. The van der Waals surface area contributed by atoms with Gasteiger partial charge in [0.25, 0.3) is 0 Å². The molecular weight excluding hydrogens is 1330 g/mol. The second-order valence-corrected chi connectivity index (χ2v) is 17.6. The predicted octanol–water partition coefficient (Wildman–Crippen LogP) is 4.33. The Morgan fingerprint density at radius 1 is 0.579 bits per heavy atom. The van der Waals surface area contributed by atoms with E-state index in [2.05, 4.69) is 65.5 Å². The third-order valence-corrected chi connectivity index (χ3v) is 10.8. The van der Waals surface area contributed by atoms with E-state index in [1.807, 2.05) is 13.8 Å². The molecular formula is C30H66N4O12P8UVW. The summed E-state index contributed by atoms with van der Waals surface area (Å²) >= 11 is 0. The van der Waals surface area contributed by atoms with E-state index in [0.29, 0.717) is 33.7 Å². The van der Waals surface area contributed by atoms with Crippen molar-refractivity contribution in [1.82, 2.24) is 20.3 Å². The Hall–Kier alpha value is 2.32. The number of carbonyl (C=O) groups excluding carboxylic acids is 6. The van der Waals surface area contributed by atoms with Gasteiger partial charge in [-0.05, 0) is 68.3 Å². The number of esters is 1. The van der Waals surface area contributed by atoms with Gasteiger partial charge in [0.2, 0.25) is 0 Å². The van der Waals surface area contributed by atoms with Gasteiger partial charge in [-0.1, -0.05) is 63.4 Å². The first-order valence-corrected chi connectivity index (χ1v) is 27.7. The molecule has 14 atom stereocenters. The molecule has 1 radical (unpaired) electrons. The maximum atomic E-state index is 11.5. The van der Waals surface area contributed by atoms with E-state index in [9.17, 15) is 38.4 Å². The number of hydrogen-bond acceptors (Lipinski definition) is 14. The third kappa shape index (κ3) is 52.6. The number of carboxylic acids is 2. The van der Waals surface area contributed by atoms with Gasteiger partial charge < -0.3 is 19.7 Å². The Balaban J connectivity index is -0.0000000880. The summed E-state index contributed by atoms with van der Waals surface area (Å²) in [6.07, 6.45) is 0.373. The standard InChI is InChI=1S/C8H17NO3P2.C7H15NO3P2.C6H13NO2P2.C6H12O2.C3H9NO2P2.U.V.W/c1-5(8(11)12-3)4-7(10)6(2)9-14-13;1-4(7(10)11)3-6(9)5(2)8-13-12;1-4(8)3-6(9)5(2)7-11-10;1-5(2)6(7)4-8-3;1-2(3(5)6)4-8-7;;;/h5-6,9,14H,4,13H2,1-3H3;4-5,8,13H,3,12H2,1-2H3,(H,10,11);5,7,11H,3,10H2,1-2H3;5H,4H2,1-3H3;2,4,8H,7H2,1H3,(H,5,6);;;/t5-,6+;4-,5+;5-;;2-;;;/m110.0.../s1. The summed E-state index contributed by atoms with van der Waals surface area (Å²) < 4.78 is 9.15. The molecule has 0 rings (SSSR count). The Morgan fingerprint density at radius 2 is 0.912 bits per heavy atom. The van der Waals surface area contributed by atoms with E-state index < -0.39 is 23.9 Å². The summed E-state index contributed by atoms with van der Waals surface area (Å²) in [5, 5.41) is 28.4. The number of nitrogens with one attached hydrogen (secondary N) is 4. The molecule has 0 bridgehead atoms. The number of aliphatic carboxylic acids is 2. The van der Waals surface area contributed by atoms with Gasteiger partial charge in [-0.3, -0.25) is 58.7 Å². The van der Waals surface area contributed by atoms with Gasteiger partial charge in [0.05, 0.1) is 43.5 Å². The quantitative estimate of drug-likeness (QED) is 0.0474. The zero-order chi connectivity index (χ0) is 43.6. The molecule has 333 valence electrons. The van der Waals surface area contributed by atoms with Crippen molar-refractivity contribution in [2.45, 2.75) is 106 Å². The number of ether oxygens (including phenoxy) is 2. The second kappa shape index (κ2) is 51.0. The van der Waals surface area contributed by atoms with Crippen molar-refractivity contribution in [1.29, 1.82) is 0 Å². The topological polar surface area (TPSA) is 244 Å². The number of Topliss-reactive ketones (excluding diaryl/α,β-unsaturated/α-hetero) is 5. The van der Waals surface area contributed by atoms with Crippen molar-refractivity contribution in [3.63, 3.8) is 0 Å². The van der Waals surface area contributed by atoms with Crippen LogP contribution in [-0.4, -0.2) is 102 Å². The van der Waals surface area contributed by atoms with Crippen molar-refractivity contribution >= 4 is 116 Å². The van der Waals surface area contributed by atoms with Crippen LogP contribution in [0.25, 0.3) is 0 Å². The van der Waals surface area contributed by atoms with Crippen LogP contribution in [0, 0.1) is 48.9 Å². The molecule has 0 saturated heterocycles. The molecule has 0 heterocycles. The van der Waals surface area contributed by atoms with Gasteiger partial charge in [0.15, 0.2) is 23.1 Å². The Labute approximate surface area is 406 Å². The van der Waals surface area contributed by atoms with E-state index in [1.165, 1.54) is 28.1 Å². The molecule has 0 aromatic heterocycles. The molecule has 0 aliphatic carbocycles. The minimum Gasteiger partial charge on any atom is -0.481 e. The van der Waals surface area contributed by atoms with Gasteiger partial charge in [-0.25, -0.2) is 0 Å². The minimum atomic E-state index is -0.922. The summed E-state index contributed by atoms with van der Waals surface area (Å²) in [6, 6.07) is -1.07. The molecule has 0 aromatic rings. The molecule has 0 fully saturated rings. The number of methoxy groups -OCH3 is 2. The molecule has 6 N–H and O–H groups in total. The van der Waals surface area contributed by atoms with Crippen molar-refractivity contribution in [3.8, 4) is 0 Å². The fraction of sp³-hybridized carbons (Fsp3) is 0.733. The van der Waals surface area contributed by atoms with E-state index in [-0.39, 0.29) is 161 Å². The summed E-state index contributed by atoms with van der Waals surface area (Å²) in [5.41, 5.74) is 0. The van der Waals surface area contributed by atoms with E-state index >= 15 is 0 Å². The van der Waals surface area contributed by atoms with Gasteiger partial charge in [0, 0.05) is 96.6 Å². The maximum absolute atomic E-state index is 11.5. The largest absolute Gasteiger partial charge is 0.481 e. The van der Waals surface area contributed by atoms with E-state index in [4.69, 9.17) is 10.2 Å². The van der Waals surface area contributed by atoms with Crippen LogP contribution < -0.4 is 20.3 Å². The summed E-state index contributed by atoms with van der Waals surface area (Å²) in [6.45, 7) is 15.5. The van der Waals surface area contributed by atoms with Crippen LogP contribution >= 0.6 is 69.4 Å². The van der Waals surface area contributed by atoms with Crippen LogP contribution in [0.4, 0.5) is 0 Å². The molecule has 0 aliphatic rings. The predicted molar refractivity (Wildman–Crippen MR) is 239 cm³/mol. The summed E-state index contributed by atoms with van der Waals surface area (Å²) in [4.78, 5) is 86.5. The first-order valence-electron chi connectivity index (χ1n) is 16.4. The number of carboxylic acid groups (broad SMARTS) is 2. The third-order valence-electron chi connectivity index (χ3n) is 6.41. The molecule has 0 amide bonds. The van der Waals surface area contributed by atoms with Crippen LogP contribution in [0.1, 0.15) is 81.6 Å². The Morgan fingerprint density at radius 3 is 1.14 bits per heavy atom. The fourth-order valence-corrected chi connectivity index (χ4v) is 7.45. The van der Waals surface area contributed by atoms with Crippen molar-refractivity contribution in [2.75, 3.05) is 20.8 Å². The average molecular weight is 1400 g/mol. The second-order valence-electron chi connectivity index (χ2n) is 11.8. The Kier molecular flexibility index (Phi) is 68.5. The van der Waals surface area contributed by atoms with Crippen LogP contribution in [0.5, 0.6) is 0 Å². The average Bonchev–Trinajstić information content (AvgIpc) is 3.08. The number of ketones is 5. The molecule has 0 saturated carbocycles. The van der Waals surface area contributed by atoms with Gasteiger partial charge in [-0.2, -0.15) is 0 Å². The van der Waals surface area contributed by atoms with Crippen molar-refractivity contribution in [3.05, 3.63) is 0 Å². The van der Waals surface area contributed by atoms with E-state index in [1.54, 1.807) is 34.6 Å². The van der Waals surface area contributed by atoms with E-state index in [0.717, 1.165) is 0 Å².